The molecule has 0 aliphatic carbocycles. The zero-order chi connectivity index (χ0) is 20.6. The molecule has 0 fully saturated rings. The zero-order valence-electron chi connectivity index (χ0n) is 16.7. The third-order valence-electron chi connectivity index (χ3n) is 3.84. The van der Waals surface area contributed by atoms with E-state index < -0.39 is 29.8 Å². The predicted octanol–water partition coefficient (Wildman–Crippen LogP) is 4.01. The summed E-state index contributed by atoms with van der Waals surface area (Å²) in [6, 6.07) is 17.8. The molecule has 2 rings (SSSR count). The van der Waals surface area contributed by atoms with Crippen molar-refractivity contribution in [1.29, 1.82) is 0 Å². The van der Waals surface area contributed by atoms with Crippen molar-refractivity contribution in [3.63, 3.8) is 0 Å². The summed E-state index contributed by atoms with van der Waals surface area (Å²) in [5.41, 5.74) is 0.939. The van der Waals surface area contributed by atoms with Crippen molar-refractivity contribution in [2.75, 3.05) is 7.11 Å². The van der Waals surface area contributed by atoms with Crippen molar-refractivity contribution < 1.29 is 23.8 Å². The number of amides is 1. The molecule has 1 amide bonds. The van der Waals surface area contributed by atoms with Crippen molar-refractivity contribution in [1.82, 2.24) is 5.32 Å². The third-order valence-corrected chi connectivity index (χ3v) is 3.84. The first kappa shape index (κ1) is 21.4. The number of benzene rings is 2. The highest BCUT2D eigenvalue weighted by atomic mass is 16.6. The number of hydrogen-bond acceptors (Lipinski definition) is 5. The highest BCUT2D eigenvalue weighted by Crippen LogP contribution is 2.23. The molecule has 0 bridgehead atoms. The predicted molar refractivity (Wildman–Crippen MR) is 106 cm³/mol. The Hall–Kier alpha value is -2.86. The van der Waals surface area contributed by atoms with Gasteiger partial charge in [0, 0.05) is 0 Å². The molecular weight excluding hydrogens is 358 g/mol. The van der Waals surface area contributed by atoms with Gasteiger partial charge in [0.25, 0.3) is 0 Å². The standard InChI is InChI=1S/C22H27NO5/c1-22(2,3)28-21(25)23-18(17-13-9-6-10-14-17)19(20(24)26-4)27-15-16-11-7-5-8-12-16/h5-14,18-19H,15H2,1-4H3,(H,23,25)/t18-,19+/m0/s1. The Balaban J connectivity index is 2.26. The number of carbonyl (C=O) groups is 2. The molecule has 0 heterocycles. The Labute approximate surface area is 165 Å². The maximum absolute atomic E-state index is 12.5. The quantitative estimate of drug-likeness (QED) is 0.729. The van der Waals surface area contributed by atoms with Crippen LogP contribution in [0.3, 0.4) is 0 Å². The molecule has 28 heavy (non-hydrogen) atoms. The van der Waals surface area contributed by atoms with E-state index in [2.05, 4.69) is 5.32 Å². The van der Waals surface area contributed by atoms with Crippen LogP contribution in [0.15, 0.2) is 60.7 Å². The van der Waals surface area contributed by atoms with E-state index in [9.17, 15) is 9.59 Å². The van der Waals surface area contributed by atoms with Crippen LogP contribution in [0.5, 0.6) is 0 Å². The van der Waals surface area contributed by atoms with E-state index in [0.29, 0.717) is 5.56 Å². The van der Waals surface area contributed by atoms with Crippen LogP contribution in [0.4, 0.5) is 4.79 Å². The van der Waals surface area contributed by atoms with Gasteiger partial charge in [-0.05, 0) is 31.9 Å². The van der Waals surface area contributed by atoms with Gasteiger partial charge in [0.05, 0.1) is 19.8 Å². The topological polar surface area (TPSA) is 73.9 Å². The highest BCUT2D eigenvalue weighted by Gasteiger charge is 2.34. The molecule has 0 radical (unpaired) electrons. The maximum Gasteiger partial charge on any atom is 0.408 e. The fourth-order valence-corrected chi connectivity index (χ4v) is 2.61. The van der Waals surface area contributed by atoms with Crippen LogP contribution in [-0.4, -0.2) is 30.9 Å². The molecule has 0 aromatic heterocycles. The Bertz CT molecular complexity index is 756. The van der Waals surface area contributed by atoms with Crippen molar-refractivity contribution >= 4 is 12.1 Å². The Kier molecular flexibility index (Phi) is 7.58. The van der Waals surface area contributed by atoms with Crippen LogP contribution in [0.1, 0.15) is 37.9 Å². The van der Waals surface area contributed by atoms with E-state index in [4.69, 9.17) is 14.2 Å². The molecule has 150 valence electrons. The van der Waals surface area contributed by atoms with Gasteiger partial charge in [-0.15, -0.1) is 0 Å². The van der Waals surface area contributed by atoms with Gasteiger partial charge in [0.15, 0.2) is 6.10 Å². The molecule has 0 saturated carbocycles. The van der Waals surface area contributed by atoms with Gasteiger partial charge in [-0.2, -0.15) is 0 Å². The molecule has 0 aliphatic heterocycles. The lowest BCUT2D eigenvalue weighted by molar-refractivity contribution is -0.157. The van der Waals surface area contributed by atoms with E-state index in [0.717, 1.165) is 5.56 Å². The lowest BCUT2D eigenvalue weighted by Gasteiger charge is -2.28. The summed E-state index contributed by atoms with van der Waals surface area (Å²) in [6.07, 6.45) is -1.68. The third kappa shape index (κ3) is 6.70. The summed E-state index contributed by atoms with van der Waals surface area (Å²) < 4.78 is 16.2. The highest BCUT2D eigenvalue weighted by molar-refractivity contribution is 5.77. The van der Waals surface area contributed by atoms with Crippen LogP contribution in [0.25, 0.3) is 0 Å². The molecular formula is C22H27NO5. The molecule has 1 N–H and O–H groups in total. The summed E-state index contributed by atoms with van der Waals surface area (Å²) in [5, 5.41) is 2.75. The first-order valence-electron chi connectivity index (χ1n) is 9.08. The molecule has 6 heteroatoms. The normalized spacial score (nSPS) is 13.3. The lowest BCUT2D eigenvalue weighted by Crippen LogP contribution is -2.44. The van der Waals surface area contributed by atoms with E-state index in [-0.39, 0.29) is 6.61 Å². The van der Waals surface area contributed by atoms with Crippen molar-refractivity contribution in [3.8, 4) is 0 Å². The van der Waals surface area contributed by atoms with Crippen LogP contribution >= 0.6 is 0 Å². The molecule has 6 nitrogen and oxygen atoms in total. The largest absolute Gasteiger partial charge is 0.467 e. The monoisotopic (exact) mass is 385 g/mol. The van der Waals surface area contributed by atoms with Crippen LogP contribution in [0, 0.1) is 0 Å². The van der Waals surface area contributed by atoms with Gasteiger partial charge in [-0.25, -0.2) is 9.59 Å². The summed E-state index contributed by atoms with van der Waals surface area (Å²) in [6.45, 7) is 5.51. The second kappa shape index (κ2) is 9.90. The second-order valence-electron chi connectivity index (χ2n) is 7.27. The smallest absolute Gasteiger partial charge is 0.408 e. The SMILES string of the molecule is COC(=O)[C@H](OCc1ccccc1)[C@@H](NC(=O)OC(C)(C)C)c1ccccc1. The first-order valence-corrected chi connectivity index (χ1v) is 9.08. The fourth-order valence-electron chi connectivity index (χ4n) is 2.61. The molecule has 0 unspecified atom stereocenters. The lowest BCUT2D eigenvalue weighted by atomic mass is 10.0. The number of alkyl carbamates (subject to hydrolysis) is 1. The number of nitrogens with one attached hydrogen (secondary N) is 1. The minimum Gasteiger partial charge on any atom is -0.467 e. The number of carbonyl (C=O) groups excluding carboxylic acids is 2. The summed E-state index contributed by atoms with van der Waals surface area (Å²) >= 11 is 0. The van der Waals surface area contributed by atoms with Crippen LogP contribution < -0.4 is 5.32 Å². The van der Waals surface area contributed by atoms with Gasteiger partial charge in [-0.3, -0.25) is 0 Å². The summed E-state index contributed by atoms with van der Waals surface area (Å²) in [5.74, 6) is -0.583. The average Bonchev–Trinajstić information content (AvgIpc) is 2.67. The number of ether oxygens (including phenoxy) is 3. The average molecular weight is 385 g/mol. The van der Waals surface area contributed by atoms with E-state index in [1.165, 1.54) is 7.11 Å². The minimum absolute atomic E-state index is 0.194. The van der Waals surface area contributed by atoms with Gasteiger partial charge in [-0.1, -0.05) is 60.7 Å². The summed E-state index contributed by atoms with van der Waals surface area (Å²) in [7, 11) is 1.29. The van der Waals surface area contributed by atoms with E-state index >= 15 is 0 Å². The summed E-state index contributed by atoms with van der Waals surface area (Å²) in [4.78, 5) is 24.9. The second-order valence-corrected chi connectivity index (χ2v) is 7.27. The molecule has 2 aromatic carbocycles. The van der Waals surface area contributed by atoms with Crippen molar-refractivity contribution in [3.05, 3.63) is 71.8 Å². The Morgan fingerprint density at radius 2 is 1.54 bits per heavy atom. The zero-order valence-corrected chi connectivity index (χ0v) is 16.7. The van der Waals surface area contributed by atoms with Crippen LogP contribution in [-0.2, 0) is 25.6 Å². The molecule has 0 saturated heterocycles. The molecule has 2 atom stereocenters. The number of rotatable bonds is 7. The Morgan fingerprint density at radius 1 is 0.964 bits per heavy atom. The number of esters is 1. The van der Waals surface area contributed by atoms with Gasteiger partial charge in [0.1, 0.15) is 5.60 Å². The Morgan fingerprint density at radius 3 is 2.07 bits per heavy atom. The van der Waals surface area contributed by atoms with Crippen LogP contribution in [0.2, 0.25) is 0 Å². The van der Waals surface area contributed by atoms with E-state index in [1.54, 1.807) is 20.8 Å². The van der Waals surface area contributed by atoms with Gasteiger partial charge < -0.3 is 19.5 Å². The number of hydrogen-bond donors (Lipinski definition) is 1. The maximum atomic E-state index is 12.5. The number of methoxy groups -OCH3 is 1. The van der Waals surface area contributed by atoms with Crippen molar-refractivity contribution in [2.45, 2.75) is 45.1 Å². The molecule has 0 spiro atoms. The van der Waals surface area contributed by atoms with Gasteiger partial charge in [0.2, 0.25) is 0 Å². The molecule has 2 aromatic rings. The minimum atomic E-state index is -1.04. The van der Waals surface area contributed by atoms with E-state index in [1.807, 2.05) is 60.7 Å². The van der Waals surface area contributed by atoms with Crippen molar-refractivity contribution in [2.24, 2.45) is 0 Å². The molecule has 0 aliphatic rings. The van der Waals surface area contributed by atoms with Gasteiger partial charge >= 0.3 is 12.1 Å². The fraction of sp³-hybridized carbons (Fsp3) is 0.364. The first-order chi connectivity index (χ1) is 13.3.